The fourth-order valence-electron chi connectivity index (χ4n) is 1.35. The topological polar surface area (TPSA) is 9.23 Å². The van der Waals surface area contributed by atoms with E-state index in [2.05, 4.69) is 26.8 Å². The highest BCUT2D eigenvalue weighted by Crippen LogP contribution is 2.29. The van der Waals surface area contributed by atoms with Crippen LogP contribution in [0, 0.1) is 5.92 Å². The van der Waals surface area contributed by atoms with Crippen molar-refractivity contribution < 1.29 is 4.74 Å². The Kier molecular flexibility index (Phi) is 3.82. The van der Waals surface area contributed by atoms with Gasteiger partial charge in [0.1, 0.15) is 5.75 Å². The maximum atomic E-state index is 6.00. The molecule has 0 aromatic heterocycles. The minimum Gasteiger partial charge on any atom is -0.497 e. The molecule has 1 rings (SSSR count). The van der Waals surface area contributed by atoms with Crippen LogP contribution in [0.2, 0.25) is 5.02 Å². The molecule has 0 fully saturated rings. The quantitative estimate of drug-likeness (QED) is 0.733. The highest BCUT2D eigenvalue weighted by molar-refractivity contribution is 6.30. The lowest BCUT2D eigenvalue weighted by Gasteiger charge is -2.17. The average Bonchev–Trinajstić information content (AvgIpc) is 2.15. The minimum absolute atomic E-state index is 0.502. The van der Waals surface area contributed by atoms with E-state index in [9.17, 15) is 0 Å². The van der Waals surface area contributed by atoms with E-state index in [1.54, 1.807) is 7.11 Å². The predicted octanol–water partition coefficient (Wildman–Crippen LogP) is 4.11. The van der Waals surface area contributed by atoms with Gasteiger partial charge in [-0.2, -0.15) is 0 Å². The van der Waals surface area contributed by atoms with Crippen molar-refractivity contribution in [3.63, 3.8) is 0 Å². The average molecular weight is 213 g/mol. The van der Waals surface area contributed by atoms with Crippen molar-refractivity contribution in [2.45, 2.75) is 26.7 Å². The standard InChI is InChI=1S/C12H17ClO/c1-8(2)9(3)10-5-11(13)7-12(6-10)14-4/h5-9H,1-4H3. The van der Waals surface area contributed by atoms with Crippen LogP contribution >= 0.6 is 11.6 Å². The smallest absolute Gasteiger partial charge is 0.120 e. The number of ether oxygens (including phenoxy) is 1. The van der Waals surface area contributed by atoms with E-state index in [1.807, 2.05) is 12.1 Å². The van der Waals surface area contributed by atoms with E-state index in [1.165, 1.54) is 5.56 Å². The molecule has 1 nitrogen and oxygen atoms in total. The van der Waals surface area contributed by atoms with Crippen molar-refractivity contribution in [1.82, 2.24) is 0 Å². The zero-order valence-corrected chi connectivity index (χ0v) is 9.93. The van der Waals surface area contributed by atoms with Crippen LogP contribution < -0.4 is 4.74 Å². The molecule has 78 valence electrons. The van der Waals surface area contributed by atoms with E-state index in [-0.39, 0.29) is 0 Å². The van der Waals surface area contributed by atoms with Gasteiger partial charge in [0.15, 0.2) is 0 Å². The fraction of sp³-hybridized carbons (Fsp3) is 0.500. The Morgan fingerprint density at radius 2 is 1.79 bits per heavy atom. The Bertz CT molecular complexity index is 307. The van der Waals surface area contributed by atoms with E-state index in [4.69, 9.17) is 16.3 Å². The first-order valence-electron chi connectivity index (χ1n) is 4.89. The van der Waals surface area contributed by atoms with Crippen molar-refractivity contribution in [3.05, 3.63) is 28.8 Å². The lowest BCUT2D eigenvalue weighted by atomic mass is 9.90. The molecule has 0 saturated heterocycles. The van der Waals surface area contributed by atoms with Gasteiger partial charge in [-0.3, -0.25) is 0 Å². The molecule has 0 radical (unpaired) electrons. The lowest BCUT2D eigenvalue weighted by molar-refractivity contribution is 0.413. The number of hydrogen-bond acceptors (Lipinski definition) is 1. The summed E-state index contributed by atoms with van der Waals surface area (Å²) >= 11 is 6.00. The lowest BCUT2D eigenvalue weighted by Crippen LogP contribution is -2.02. The Balaban J connectivity index is 3.02. The summed E-state index contributed by atoms with van der Waals surface area (Å²) in [6.07, 6.45) is 0. The second-order valence-electron chi connectivity index (χ2n) is 3.96. The summed E-state index contributed by atoms with van der Waals surface area (Å²) in [6.45, 7) is 6.62. The first-order chi connectivity index (χ1) is 6.54. The van der Waals surface area contributed by atoms with Crippen LogP contribution in [0.15, 0.2) is 18.2 Å². The van der Waals surface area contributed by atoms with Gasteiger partial charge in [0.05, 0.1) is 7.11 Å². The summed E-state index contributed by atoms with van der Waals surface area (Å²) in [5.41, 5.74) is 1.24. The molecule has 2 heteroatoms. The van der Waals surface area contributed by atoms with Gasteiger partial charge in [-0.25, -0.2) is 0 Å². The zero-order chi connectivity index (χ0) is 10.7. The molecule has 0 spiro atoms. The normalized spacial score (nSPS) is 13.0. The van der Waals surface area contributed by atoms with Crippen molar-refractivity contribution >= 4 is 11.6 Å². The Morgan fingerprint density at radius 1 is 1.14 bits per heavy atom. The first-order valence-corrected chi connectivity index (χ1v) is 5.27. The molecule has 1 aromatic carbocycles. The van der Waals surface area contributed by atoms with E-state index in [0.29, 0.717) is 11.8 Å². The summed E-state index contributed by atoms with van der Waals surface area (Å²) < 4.78 is 5.18. The predicted molar refractivity (Wildman–Crippen MR) is 61.3 cm³/mol. The highest BCUT2D eigenvalue weighted by Gasteiger charge is 2.11. The van der Waals surface area contributed by atoms with Crippen molar-refractivity contribution in [3.8, 4) is 5.75 Å². The third-order valence-corrected chi connectivity index (χ3v) is 2.87. The number of hydrogen-bond donors (Lipinski definition) is 0. The molecule has 1 atom stereocenters. The molecular weight excluding hydrogens is 196 g/mol. The van der Waals surface area contributed by atoms with Crippen LogP contribution in [0.25, 0.3) is 0 Å². The molecule has 14 heavy (non-hydrogen) atoms. The summed E-state index contributed by atoms with van der Waals surface area (Å²) in [5.74, 6) is 1.95. The molecule has 0 heterocycles. The second-order valence-corrected chi connectivity index (χ2v) is 4.39. The third kappa shape index (κ3) is 2.65. The maximum Gasteiger partial charge on any atom is 0.120 e. The van der Waals surface area contributed by atoms with Gasteiger partial charge in [-0.1, -0.05) is 32.4 Å². The van der Waals surface area contributed by atoms with Crippen LogP contribution in [-0.4, -0.2) is 7.11 Å². The second kappa shape index (κ2) is 4.70. The van der Waals surface area contributed by atoms with Gasteiger partial charge >= 0.3 is 0 Å². The molecule has 1 aromatic rings. The Hall–Kier alpha value is -0.690. The fourth-order valence-corrected chi connectivity index (χ4v) is 1.58. The van der Waals surface area contributed by atoms with Crippen LogP contribution in [0.3, 0.4) is 0 Å². The van der Waals surface area contributed by atoms with Gasteiger partial charge < -0.3 is 4.74 Å². The summed E-state index contributed by atoms with van der Waals surface area (Å²) in [4.78, 5) is 0. The monoisotopic (exact) mass is 212 g/mol. The number of halogens is 1. The van der Waals surface area contributed by atoms with E-state index in [0.717, 1.165) is 10.8 Å². The molecule has 0 bridgehead atoms. The van der Waals surface area contributed by atoms with Crippen molar-refractivity contribution in [2.75, 3.05) is 7.11 Å². The molecule has 0 aliphatic carbocycles. The summed E-state index contributed by atoms with van der Waals surface area (Å²) in [6, 6.07) is 5.89. The van der Waals surface area contributed by atoms with Crippen LogP contribution in [0.1, 0.15) is 32.3 Å². The maximum absolute atomic E-state index is 6.00. The third-order valence-electron chi connectivity index (χ3n) is 2.66. The summed E-state index contributed by atoms with van der Waals surface area (Å²) in [5, 5.41) is 0.742. The Labute approximate surface area is 91.0 Å². The van der Waals surface area contributed by atoms with Gasteiger partial charge in [0.2, 0.25) is 0 Å². The van der Waals surface area contributed by atoms with Crippen LogP contribution in [0.5, 0.6) is 5.75 Å². The Morgan fingerprint density at radius 3 is 2.29 bits per heavy atom. The van der Waals surface area contributed by atoms with Gasteiger partial charge in [0.25, 0.3) is 0 Å². The summed E-state index contributed by atoms with van der Waals surface area (Å²) in [7, 11) is 1.66. The zero-order valence-electron chi connectivity index (χ0n) is 9.17. The number of benzene rings is 1. The van der Waals surface area contributed by atoms with Crippen molar-refractivity contribution in [2.24, 2.45) is 5.92 Å². The van der Waals surface area contributed by atoms with Crippen LogP contribution in [-0.2, 0) is 0 Å². The molecule has 0 aliphatic rings. The molecule has 0 N–H and O–H groups in total. The first kappa shape index (κ1) is 11.4. The van der Waals surface area contributed by atoms with E-state index < -0.39 is 0 Å². The molecular formula is C12H17ClO. The van der Waals surface area contributed by atoms with Crippen LogP contribution in [0.4, 0.5) is 0 Å². The SMILES string of the molecule is COc1cc(Cl)cc(C(C)C(C)C)c1. The van der Waals surface area contributed by atoms with Gasteiger partial charge in [-0.05, 0) is 35.6 Å². The molecule has 0 amide bonds. The number of rotatable bonds is 3. The molecule has 0 aliphatic heterocycles. The minimum atomic E-state index is 0.502. The largest absolute Gasteiger partial charge is 0.497 e. The van der Waals surface area contributed by atoms with Gasteiger partial charge in [-0.15, -0.1) is 0 Å². The molecule has 1 unspecified atom stereocenters. The highest BCUT2D eigenvalue weighted by atomic mass is 35.5. The van der Waals surface area contributed by atoms with Crippen molar-refractivity contribution in [1.29, 1.82) is 0 Å². The van der Waals surface area contributed by atoms with E-state index >= 15 is 0 Å². The molecule has 0 saturated carbocycles. The number of methoxy groups -OCH3 is 1. The van der Waals surface area contributed by atoms with Gasteiger partial charge in [0, 0.05) is 5.02 Å².